The molecule has 0 aromatic carbocycles. The molecule has 0 spiro atoms. The number of ether oxygens (including phenoxy) is 1. The number of carbonyl (C=O) groups excluding carboxylic acids is 2. The van der Waals surface area contributed by atoms with Crippen molar-refractivity contribution in [1.82, 2.24) is 5.32 Å². The highest BCUT2D eigenvalue weighted by molar-refractivity contribution is 5.89. The molecule has 1 fully saturated rings. The van der Waals surface area contributed by atoms with Gasteiger partial charge >= 0.3 is 17.9 Å². The van der Waals surface area contributed by atoms with Crippen LogP contribution in [0.5, 0.6) is 0 Å². The minimum atomic E-state index is -0.964. The van der Waals surface area contributed by atoms with E-state index >= 15 is 0 Å². The summed E-state index contributed by atoms with van der Waals surface area (Å²) in [6, 6.07) is -0.398. The summed E-state index contributed by atoms with van der Waals surface area (Å²) in [4.78, 5) is 33.3. The van der Waals surface area contributed by atoms with Crippen LogP contribution in [0.4, 0.5) is 0 Å². The molecule has 17 heavy (non-hydrogen) atoms. The molecule has 1 aliphatic rings. The Balaban J connectivity index is 2.31. The molecular weight excluding hydrogens is 226 g/mol. The largest absolute Gasteiger partial charge is 0.481 e. The van der Waals surface area contributed by atoms with Crippen molar-refractivity contribution in [2.75, 3.05) is 6.54 Å². The van der Waals surface area contributed by atoms with Gasteiger partial charge in [-0.2, -0.15) is 0 Å². The smallest absolute Gasteiger partial charge is 0.330 e. The number of hydrogen-bond donors (Lipinski definition) is 2. The molecular formula is C11H17NO5. The van der Waals surface area contributed by atoms with Gasteiger partial charge in [0.25, 0.3) is 0 Å². The van der Waals surface area contributed by atoms with E-state index in [1.54, 1.807) is 6.92 Å². The first-order valence-electron chi connectivity index (χ1n) is 5.71. The molecule has 0 saturated carbocycles. The zero-order valence-corrected chi connectivity index (χ0v) is 9.77. The Kier molecular flexibility index (Phi) is 5.09. The normalized spacial score (nSPS) is 20.9. The Bertz CT molecular complexity index is 309. The van der Waals surface area contributed by atoms with Crippen molar-refractivity contribution >= 4 is 17.9 Å². The zero-order valence-electron chi connectivity index (χ0n) is 9.77. The third-order valence-electron chi connectivity index (χ3n) is 2.74. The highest BCUT2D eigenvalue weighted by atomic mass is 16.6. The number of carboxylic acid groups (broad SMARTS) is 1. The molecule has 1 unspecified atom stereocenters. The van der Waals surface area contributed by atoms with Crippen LogP contribution < -0.4 is 5.32 Å². The molecule has 0 amide bonds. The molecule has 2 N–H and O–H groups in total. The summed E-state index contributed by atoms with van der Waals surface area (Å²) in [5.41, 5.74) is 0. The molecule has 2 atom stereocenters. The van der Waals surface area contributed by atoms with Crippen molar-refractivity contribution in [3.63, 3.8) is 0 Å². The van der Waals surface area contributed by atoms with E-state index in [-0.39, 0.29) is 12.8 Å². The van der Waals surface area contributed by atoms with E-state index in [0.29, 0.717) is 6.42 Å². The van der Waals surface area contributed by atoms with Crippen LogP contribution in [0.15, 0.2) is 0 Å². The van der Waals surface area contributed by atoms with Crippen molar-refractivity contribution in [3.8, 4) is 0 Å². The van der Waals surface area contributed by atoms with Gasteiger partial charge in [-0.1, -0.05) is 6.92 Å². The molecule has 0 aromatic heterocycles. The lowest BCUT2D eigenvalue weighted by Gasteiger charge is -2.12. The molecule has 6 nitrogen and oxygen atoms in total. The van der Waals surface area contributed by atoms with Gasteiger partial charge in [0, 0.05) is 6.42 Å². The summed E-state index contributed by atoms with van der Waals surface area (Å²) in [7, 11) is 0. The monoisotopic (exact) mass is 243 g/mol. The van der Waals surface area contributed by atoms with Crippen LogP contribution in [0.2, 0.25) is 0 Å². The summed E-state index contributed by atoms with van der Waals surface area (Å²) in [5, 5.41) is 11.4. The quantitative estimate of drug-likeness (QED) is 0.533. The molecule has 0 aliphatic carbocycles. The lowest BCUT2D eigenvalue weighted by atomic mass is 10.1. The van der Waals surface area contributed by atoms with Gasteiger partial charge in [-0.05, 0) is 25.8 Å². The van der Waals surface area contributed by atoms with Crippen molar-refractivity contribution in [2.45, 2.75) is 38.6 Å². The average Bonchev–Trinajstić information content (AvgIpc) is 2.78. The Morgan fingerprint density at radius 2 is 2.18 bits per heavy atom. The van der Waals surface area contributed by atoms with Crippen molar-refractivity contribution < 1.29 is 24.2 Å². The summed E-state index contributed by atoms with van der Waals surface area (Å²) in [5.74, 6) is -2.75. The number of carbonyl (C=O) groups is 3. The van der Waals surface area contributed by atoms with Gasteiger partial charge in [0.05, 0.1) is 5.92 Å². The van der Waals surface area contributed by atoms with Gasteiger partial charge in [-0.25, -0.2) is 4.79 Å². The summed E-state index contributed by atoms with van der Waals surface area (Å²) >= 11 is 0. The van der Waals surface area contributed by atoms with Crippen molar-refractivity contribution in [3.05, 3.63) is 0 Å². The standard InChI is InChI=1S/C11H17NO5/c1-7(4-5-9(13)14)10(15)17-11(16)8-3-2-6-12-8/h7-8,12H,2-6H2,1H3,(H,13,14)/t7?,8-/m0/s1. The number of aliphatic carboxylic acids is 1. The molecule has 0 aromatic rings. The zero-order chi connectivity index (χ0) is 12.8. The second-order valence-electron chi connectivity index (χ2n) is 4.22. The van der Waals surface area contributed by atoms with Crippen molar-refractivity contribution in [1.29, 1.82) is 0 Å². The SMILES string of the molecule is CC(CCC(=O)O)C(=O)OC(=O)[C@@H]1CCCN1. The summed E-state index contributed by atoms with van der Waals surface area (Å²) in [6.45, 7) is 2.31. The lowest BCUT2D eigenvalue weighted by Crippen LogP contribution is -2.35. The minimum Gasteiger partial charge on any atom is -0.481 e. The fourth-order valence-corrected chi connectivity index (χ4v) is 1.61. The van der Waals surface area contributed by atoms with E-state index in [0.717, 1.165) is 13.0 Å². The number of esters is 2. The maximum absolute atomic E-state index is 11.5. The van der Waals surface area contributed by atoms with Crippen LogP contribution in [-0.2, 0) is 19.1 Å². The maximum Gasteiger partial charge on any atom is 0.330 e. The van der Waals surface area contributed by atoms with Gasteiger partial charge in [0.2, 0.25) is 0 Å². The van der Waals surface area contributed by atoms with E-state index in [1.165, 1.54) is 0 Å². The van der Waals surface area contributed by atoms with E-state index in [2.05, 4.69) is 5.32 Å². The predicted molar refractivity (Wildman–Crippen MR) is 58.2 cm³/mol. The third kappa shape index (κ3) is 4.52. The van der Waals surface area contributed by atoms with Crippen LogP contribution >= 0.6 is 0 Å². The Morgan fingerprint density at radius 3 is 2.71 bits per heavy atom. The van der Waals surface area contributed by atoms with Crippen molar-refractivity contribution in [2.24, 2.45) is 5.92 Å². The Morgan fingerprint density at radius 1 is 1.47 bits per heavy atom. The molecule has 1 heterocycles. The first kappa shape index (κ1) is 13.6. The first-order valence-corrected chi connectivity index (χ1v) is 5.71. The topological polar surface area (TPSA) is 92.7 Å². The van der Waals surface area contributed by atoms with Gasteiger partial charge in [0.1, 0.15) is 6.04 Å². The maximum atomic E-state index is 11.5. The van der Waals surface area contributed by atoms with E-state index < -0.39 is 29.9 Å². The van der Waals surface area contributed by atoms with Crippen LogP contribution in [0, 0.1) is 5.92 Å². The van der Waals surface area contributed by atoms with E-state index in [4.69, 9.17) is 9.84 Å². The Hall–Kier alpha value is -1.43. The fraction of sp³-hybridized carbons (Fsp3) is 0.727. The van der Waals surface area contributed by atoms with Gasteiger partial charge in [-0.15, -0.1) is 0 Å². The van der Waals surface area contributed by atoms with Gasteiger partial charge in [-0.3, -0.25) is 9.59 Å². The molecule has 1 aliphatic heterocycles. The second-order valence-corrected chi connectivity index (χ2v) is 4.22. The lowest BCUT2D eigenvalue weighted by molar-refractivity contribution is -0.163. The number of hydrogen-bond acceptors (Lipinski definition) is 5. The van der Waals surface area contributed by atoms with Gasteiger partial charge in [0.15, 0.2) is 0 Å². The molecule has 6 heteroatoms. The molecule has 0 bridgehead atoms. The third-order valence-corrected chi connectivity index (χ3v) is 2.74. The predicted octanol–water partition coefficient (Wildman–Crippen LogP) is 0.309. The Labute approximate surface area is 99.3 Å². The number of rotatable bonds is 5. The van der Waals surface area contributed by atoms with Crippen LogP contribution in [-0.4, -0.2) is 35.6 Å². The first-order chi connectivity index (χ1) is 8.00. The highest BCUT2D eigenvalue weighted by Gasteiger charge is 2.27. The van der Waals surface area contributed by atoms with Crippen LogP contribution in [0.3, 0.4) is 0 Å². The van der Waals surface area contributed by atoms with Crippen LogP contribution in [0.25, 0.3) is 0 Å². The molecule has 0 radical (unpaired) electrons. The second kappa shape index (κ2) is 6.34. The minimum absolute atomic E-state index is 0.105. The molecule has 96 valence electrons. The summed E-state index contributed by atoms with van der Waals surface area (Å²) < 4.78 is 4.70. The number of nitrogens with one attached hydrogen (secondary N) is 1. The highest BCUT2D eigenvalue weighted by Crippen LogP contribution is 2.11. The van der Waals surface area contributed by atoms with Gasteiger partial charge < -0.3 is 15.2 Å². The van der Waals surface area contributed by atoms with E-state index in [9.17, 15) is 14.4 Å². The van der Waals surface area contributed by atoms with E-state index in [1.807, 2.05) is 0 Å². The number of carboxylic acids is 1. The van der Waals surface area contributed by atoms with Crippen LogP contribution in [0.1, 0.15) is 32.6 Å². The summed E-state index contributed by atoms with van der Waals surface area (Å²) in [6.07, 6.45) is 1.64. The fourth-order valence-electron chi connectivity index (χ4n) is 1.61. The average molecular weight is 243 g/mol. The molecule has 1 rings (SSSR count). The molecule has 1 saturated heterocycles.